The van der Waals surface area contributed by atoms with Crippen LogP contribution in [0.4, 0.5) is 0 Å². The maximum Gasteiger partial charge on any atom is 0.230 e. The van der Waals surface area contributed by atoms with Crippen LogP contribution < -0.4 is 5.32 Å². The summed E-state index contributed by atoms with van der Waals surface area (Å²) >= 11 is 0. The van der Waals surface area contributed by atoms with Gasteiger partial charge in [-0.1, -0.05) is 13.8 Å². The topological polar surface area (TPSA) is 46.2 Å². The summed E-state index contributed by atoms with van der Waals surface area (Å²) in [6.45, 7) is 4.10. The molecule has 0 aliphatic carbocycles. The second-order valence-corrected chi connectivity index (χ2v) is 3.44. The van der Waals surface area contributed by atoms with Gasteiger partial charge in [0.2, 0.25) is 11.8 Å². The Balaban J connectivity index is 2.47. The van der Waals surface area contributed by atoms with Crippen molar-refractivity contribution in [2.45, 2.75) is 26.7 Å². The Hall–Kier alpha value is -0.860. The van der Waals surface area contributed by atoms with Gasteiger partial charge in [-0.3, -0.25) is 14.9 Å². The Morgan fingerprint density at radius 3 is 2.55 bits per heavy atom. The van der Waals surface area contributed by atoms with Crippen LogP contribution in [0.5, 0.6) is 0 Å². The molecule has 3 nitrogen and oxygen atoms in total. The molecule has 0 spiro atoms. The third-order valence-electron chi connectivity index (χ3n) is 1.82. The van der Waals surface area contributed by atoms with Crippen LogP contribution in [-0.2, 0) is 9.59 Å². The first-order chi connectivity index (χ1) is 5.09. The first-order valence-electron chi connectivity index (χ1n) is 3.93. The van der Waals surface area contributed by atoms with Gasteiger partial charge in [0.25, 0.3) is 0 Å². The largest absolute Gasteiger partial charge is 0.296 e. The van der Waals surface area contributed by atoms with Crippen LogP contribution in [0.2, 0.25) is 0 Å². The van der Waals surface area contributed by atoms with Crippen LogP contribution >= 0.6 is 0 Å². The molecule has 0 aromatic carbocycles. The lowest BCUT2D eigenvalue weighted by Gasteiger charge is -2.07. The number of nitrogens with one attached hydrogen (secondary N) is 1. The minimum absolute atomic E-state index is 0.0671. The Bertz CT molecular complexity index is 187. The third-order valence-corrected chi connectivity index (χ3v) is 1.82. The summed E-state index contributed by atoms with van der Waals surface area (Å²) in [7, 11) is 0. The van der Waals surface area contributed by atoms with Crippen molar-refractivity contribution in [1.29, 1.82) is 0 Å². The molecule has 0 radical (unpaired) electrons. The highest BCUT2D eigenvalue weighted by Gasteiger charge is 2.30. The molecule has 1 heterocycles. The van der Waals surface area contributed by atoms with Crippen LogP contribution in [0, 0.1) is 11.8 Å². The van der Waals surface area contributed by atoms with E-state index in [1.807, 2.05) is 0 Å². The summed E-state index contributed by atoms with van der Waals surface area (Å²) in [5.41, 5.74) is 0. The summed E-state index contributed by atoms with van der Waals surface area (Å²) in [4.78, 5) is 21.7. The highest BCUT2D eigenvalue weighted by Crippen LogP contribution is 2.19. The molecule has 3 heteroatoms. The Kier molecular flexibility index (Phi) is 2.27. The highest BCUT2D eigenvalue weighted by molar-refractivity contribution is 6.03. The average molecular weight is 155 g/mol. The van der Waals surface area contributed by atoms with E-state index in [2.05, 4.69) is 19.2 Å². The van der Waals surface area contributed by atoms with Gasteiger partial charge in [-0.25, -0.2) is 0 Å². The van der Waals surface area contributed by atoms with E-state index in [9.17, 15) is 9.59 Å². The second kappa shape index (κ2) is 3.03. The lowest BCUT2D eigenvalue weighted by Crippen LogP contribution is -2.22. The molecular formula is C8H13NO2. The summed E-state index contributed by atoms with van der Waals surface area (Å²) in [5.74, 6) is 0.198. The molecule has 0 aromatic rings. The summed E-state index contributed by atoms with van der Waals surface area (Å²) in [5, 5.41) is 2.29. The summed E-state index contributed by atoms with van der Waals surface area (Å²) in [6, 6.07) is 0. The number of amides is 2. The van der Waals surface area contributed by atoms with E-state index < -0.39 is 0 Å². The Morgan fingerprint density at radius 2 is 2.18 bits per heavy atom. The molecule has 1 aliphatic rings. The molecule has 62 valence electrons. The van der Waals surface area contributed by atoms with Crippen molar-refractivity contribution in [3.8, 4) is 0 Å². The van der Waals surface area contributed by atoms with E-state index in [-0.39, 0.29) is 17.7 Å². The van der Waals surface area contributed by atoms with Gasteiger partial charge in [0.05, 0.1) is 0 Å². The van der Waals surface area contributed by atoms with Crippen molar-refractivity contribution in [2.24, 2.45) is 11.8 Å². The zero-order chi connectivity index (χ0) is 8.43. The monoisotopic (exact) mass is 155 g/mol. The predicted molar refractivity (Wildman–Crippen MR) is 40.7 cm³/mol. The molecule has 1 aliphatic heterocycles. The zero-order valence-electron chi connectivity index (χ0n) is 6.89. The Labute approximate surface area is 66.2 Å². The average Bonchev–Trinajstić information content (AvgIpc) is 2.09. The number of imide groups is 1. The molecule has 0 saturated carbocycles. The van der Waals surface area contributed by atoms with E-state index in [0.717, 1.165) is 6.42 Å². The van der Waals surface area contributed by atoms with Gasteiger partial charge < -0.3 is 0 Å². The van der Waals surface area contributed by atoms with E-state index in [4.69, 9.17) is 0 Å². The van der Waals surface area contributed by atoms with Crippen molar-refractivity contribution < 1.29 is 9.59 Å². The van der Waals surface area contributed by atoms with E-state index in [1.165, 1.54) is 0 Å². The number of rotatable bonds is 2. The molecule has 1 rings (SSSR count). The molecule has 2 amide bonds. The number of hydrogen-bond donors (Lipinski definition) is 1. The van der Waals surface area contributed by atoms with Crippen LogP contribution in [0.3, 0.4) is 0 Å². The van der Waals surface area contributed by atoms with Crippen LogP contribution in [-0.4, -0.2) is 11.8 Å². The molecule has 1 fully saturated rings. The minimum atomic E-state index is -0.124. The maximum atomic E-state index is 11.0. The third kappa shape index (κ3) is 2.03. The van der Waals surface area contributed by atoms with Gasteiger partial charge in [-0.2, -0.15) is 0 Å². The van der Waals surface area contributed by atoms with Gasteiger partial charge in [-0.05, 0) is 12.3 Å². The van der Waals surface area contributed by atoms with E-state index in [1.54, 1.807) is 0 Å². The SMILES string of the molecule is CC(C)CC1CC(=O)NC1=O. The predicted octanol–water partition coefficient (Wildman–Crippen LogP) is 0.695. The van der Waals surface area contributed by atoms with Gasteiger partial charge in [0, 0.05) is 12.3 Å². The van der Waals surface area contributed by atoms with Crippen molar-refractivity contribution >= 4 is 11.8 Å². The van der Waals surface area contributed by atoms with E-state index >= 15 is 0 Å². The molecule has 11 heavy (non-hydrogen) atoms. The zero-order valence-corrected chi connectivity index (χ0v) is 6.89. The lowest BCUT2D eigenvalue weighted by molar-refractivity contribution is -0.125. The molecule has 1 atom stereocenters. The van der Waals surface area contributed by atoms with Crippen molar-refractivity contribution in [2.75, 3.05) is 0 Å². The molecule has 1 N–H and O–H groups in total. The van der Waals surface area contributed by atoms with Crippen LogP contribution in [0.25, 0.3) is 0 Å². The van der Waals surface area contributed by atoms with Crippen molar-refractivity contribution in [1.82, 2.24) is 5.32 Å². The first kappa shape index (κ1) is 8.24. The second-order valence-electron chi connectivity index (χ2n) is 3.44. The minimum Gasteiger partial charge on any atom is -0.296 e. The molecular weight excluding hydrogens is 142 g/mol. The van der Waals surface area contributed by atoms with Gasteiger partial charge in [0.15, 0.2) is 0 Å². The molecule has 1 saturated heterocycles. The maximum absolute atomic E-state index is 11.0. The molecule has 1 unspecified atom stereocenters. The fraction of sp³-hybridized carbons (Fsp3) is 0.750. The fourth-order valence-corrected chi connectivity index (χ4v) is 1.37. The van der Waals surface area contributed by atoms with Crippen molar-refractivity contribution in [3.05, 3.63) is 0 Å². The van der Waals surface area contributed by atoms with Gasteiger partial charge in [-0.15, -0.1) is 0 Å². The van der Waals surface area contributed by atoms with Crippen LogP contribution in [0.15, 0.2) is 0 Å². The van der Waals surface area contributed by atoms with Crippen LogP contribution in [0.1, 0.15) is 26.7 Å². The molecule has 0 aromatic heterocycles. The number of hydrogen-bond acceptors (Lipinski definition) is 2. The normalized spacial score (nSPS) is 24.5. The fourth-order valence-electron chi connectivity index (χ4n) is 1.37. The Morgan fingerprint density at radius 1 is 1.55 bits per heavy atom. The lowest BCUT2D eigenvalue weighted by atomic mass is 9.96. The number of carbonyl (C=O) groups is 2. The standard InChI is InChI=1S/C8H13NO2/c1-5(2)3-6-4-7(10)9-8(6)11/h5-6H,3-4H2,1-2H3,(H,9,10,11). The smallest absolute Gasteiger partial charge is 0.230 e. The highest BCUT2D eigenvalue weighted by atomic mass is 16.2. The summed E-state index contributed by atoms with van der Waals surface area (Å²) < 4.78 is 0. The van der Waals surface area contributed by atoms with Gasteiger partial charge in [0.1, 0.15) is 0 Å². The van der Waals surface area contributed by atoms with E-state index in [0.29, 0.717) is 12.3 Å². The van der Waals surface area contributed by atoms with Gasteiger partial charge >= 0.3 is 0 Å². The van der Waals surface area contributed by atoms with Crippen molar-refractivity contribution in [3.63, 3.8) is 0 Å². The first-order valence-corrected chi connectivity index (χ1v) is 3.93. The summed E-state index contributed by atoms with van der Waals surface area (Å²) in [6.07, 6.45) is 1.20. The quantitative estimate of drug-likeness (QED) is 0.596. The molecule has 0 bridgehead atoms. The number of carbonyl (C=O) groups excluding carboxylic acids is 2.